The Kier molecular flexibility index (Phi) is 8.16. The summed E-state index contributed by atoms with van der Waals surface area (Å²) in [6.07, 6.45) is 7.03. The maximum Gasteiger partial charge on any atom is 0.343 e. The second-order valence-electron chi connectivity index (χ2n) is 10.6. The van der Waals surface area contributed by atoms with Crippen LogP contribution in [-0.2, 0) is 9.53 Å². The van der Waals surface area contributed by atoms with Gasteiger partial charge in [0, 0.05) is 30.1 Å². The maximum absolute atomic E-state index is 13.8. The minimum absolute atomic E-state index is 0.0295. The molecule has 0 unspecified atom stereocenters. The number of rotatable bonds is 8. The normalized spacial score (nSPS) is 17.2. The lowest BCUT2D eigenvalue weighted by Gasteiger charge is -2.32. The van der Waals surface area contributed by atoms with E-state index >= 15 is 0 Å². The largest absolute Gasteiger partial charge is 0.462 e. The van der Waals surface area contributed by atoms with Gasteiger partial charge >= 0.3 is 5.97 Å². The highest BCUT2D eigenvalue weighted by Gasteiger charge is 2.34. The van der Waals surface area contributed by atoms with Crippen molar-refractivity contribution >= 4 is 45.1 Å². The van der Waals surface area contributed by atoms with Gasteiger partial charge in [-0.05, 0) is 76.1 Å². The number of esters is 1. The Morgan fingerprint density at radius 2 is 1.88 bits per heavy atom. The average Bonchev–Trinajstić information content (AvgIpc) is 3.59. The molecule has 1 N–H and O–H groups in total. The molecule has 1 aromatic carbocycles. The lowest BCUT2D eigenvalue weighted by atomic mass is 9.82. The molecule has 1 aliphatic carbocycles. The van der Waals surface area contributed by atoms with E-state index < -0.39 is 5.97 Å². The molecule has 10 heteroatoms. The molecule has 0 radical (unpaired) electrons. The van der Waals surface area contributed by atoms with Crippen LogP contribution in [0, 0.1) is 11.8 Å². The summed E-state index contributed by atoms with van der Waals surface area (Å²) < 4.78 is 8.03. The van der Waals surface area contributed by atoms with Crippen molar-refractivity contribution in [3.05, 3.63) is 48.4 Å². The molecule has 5 rings (SSSR count). The van der Waals surface area contributed by atoms with E-state index in [1.54, 1.807) is 40.4 Å². The Morgan fingerprint density at radius 1 is 1.15 bits per heavy atom. The summed E-state index contributed by atoms with van der Waals surface area (Å²) in [5, 5.41) is 7.91. The molecule has 1 saturated carbocycles. The summed E-state index contributed by atoms with van der Waals surface area (Å²) in [5.74, 6) is 1.28. The van der Waals surface area contributed by atoms with Crippen LogP contribution in [0.15, 0.2) is 42.9 Å². The van der Waals surface area contributed by atoms with E-state index in [4.69, 9.17) is 9.84 Å². The highest BCUT2D eigenvalue weighted by molar-refractivity contribution is 7.22. The van der Waals surface area contributed by atoms with Gasteiger partial charge in [-0.25, -0.2) is 19.4 Å². The van der Waals surface area contributed by atoms with Crippen LogP contribution < -0.4 is 10.2 Å². The smallest absolute Gasteiger partial charge is 0.343 e. The second kappa shape index (κ2) is 11.8. The number of carbonyl (C=O) groups is 2. The molecule has 3 aromatic heterocycles. The summed E-state index contributed by atoms with van der Waals surface area (Å²) in [7, 11) is 1.85. The third-order valence-electron chi connectivity index (χ3n) is 7.50. The zero-order chi connectivity index (χ0) is 28.4. The molecular formula is C30H36N6O3S. The van der Waals surface area contributed by atoms with Crippen LogP contribution >= 0.6 is 11.3 Å². The van der Waals surface area contributed by atoms with Gasteiger partial charge in [0.25, 0.3) is 0 Å². The lowest BCUT2D eigenvalue weighted by Crippen LogP contribution is -2.43. The monoisotopic (exact) mass is 560 g/mol. The average molecular weight is 561 g/mol. The van der Waals surface area contributed by atoms with Crippen molar-refractivity contribution in [2.45, 2.75) is 59.4 Å². The summed E-state index contributed by atoms with van der Waals surface area (Å²) in [6, 6.07) is 9.85. The van der Waals surface area contributed by atoms with Gasteiger partial charge in [0.1, 0.15) is 17.7 Å². The Hall–Kier alpha value is -3.79. The zero-order valence-corrected chi connectivity index (χ0v) is 24.5. The Morgan fingerprint density at radius 3 is 2.52 bits per heavy atom. The van der Waals surface area contributed by atoms with Gasteiger partial charge < -0.3 is 10.1 Å². The lowest BCUT2D eigenvalue weighted by molar-refractivity contribution is -0.124. The Bertz CT molecular complexity index is 1500. The molecule has 4 aromatic rings. The molecule has 1 aliphatic rings. The van der Waals surface area contributed by atoms with E-state index in [9.17, 15) is 9.59 Å². The van der Waals surface area contributed by atoms with Crippen LogP contribution in [0.5, 0.6) is 0 Å². The SMILES string of the molecule is CCOC(=O)c1cn(-c2ccc(-c3cc4ncnc(NC)c4s3)cc2)nc1N(C(=O)C1CCC(C)CC1)C(C)C. The van der Waals surface area contributed by atoms with Crippen LogP contribution in [0.25, 0.3) is 26.3 Å². The third-order valence-corrected chi connectivity index (χ3v) is 8.68. The van der Waals surface area contributed by atoms with E-state index in [0.29, 0.717) is 17.3 Å². The fourth-order valence-corrected chi connectivity index (χ4v) is 6.40. The van der Waals surface area contributed by atoms with Crippen molar-refractivity contribution in [2.24, 2.45) is 11.8 Å². The highest BCUT2D eigenvalue weighted by Crippen LogP contribution is 2.36. The van der Waals surface area contributed by atoms with Gasteiger partial charge in [-0.3, -0.25) is 9.69 Å². The first kappa shape index (κ1) is 27.8. The van der Waals surface area contributed by atoms with Crippen molar-refractivity contribution in [2.75, 3.05) is 23.9 Å². The standard InChI is InChI=1S/C30H36N6O3S/c1-6-39-30(38)23-16-35(34-28(23)36(18(2)3)29(37)21-9-7-19(4)8-10-21)22-13-11-20(12-14-22)25-15-24-26(40-25)27(31-5)33-17-32-24/h11-19,21H,6-10H2,1-5H3,(H,31,32,33). The summed E-state index contributed by atoms with van der Waals surface area (Å²) in [4.78, 5) is 38.3. The summed E-state index contributed by atoms with van der Waals surface area (Å²) in [5.41, 5.74) is 3.00. The van der Waals surface area contributed by atoms with E-state index in [1.807, 2.05) is 45.2 Å². The summed E-state index contributed by atoms with van der Waals surface area (Å²) >= 11 is 1.63. The molecule has 0 spiro atoms. The third kappa shape index (κ3) is 5.45. The van der Waals surface area contributed by atoms with Gasteiger partial charge in [0.15, 0.2) is 5.82 Å². The fraction of sp³-hybridized carbons (Fsp3) is 0.433. The van der Waals surface area contributed by atoms with Crippen molar-refractivity contribution in [3.63, 3.8) is 0 Å². The fourth-order valence-electron chi connectivity index (χ4n) is 5.29. The molecule has 0 saturated heterocycles. The van der Waals surface area contributed by atoms with Gasteiger partial charge in [-0.15, -0.1) is 16.4 Å². The van der Waals surface area contributed by atoms with Crippen molar-refractivity contribution in [3.8, 4) is 16.1 Å². The molecular weight excluding hydrogens is 524 g/mol. The first-order valence-electron chi connectivity index (χ1n) is 13.9. The maximum atomic E-state index is 13.8. The van der Waals surface area contributed by atoms with E-state index in [1.165, 1.54) is 0 Å². The number of benzene rings is 1. The van der Waals surface area contributed by atoms with Crippen LogP contribution in [0.4, 0.5) is 11.6 Å². The highest BCUT2D eigenvalue weighted by atomic mass is 32.1. The van der Waals surface area contributed by atoms with Gasteiger partial charge in [-0.1, -0.05) is 19.1 Å². The minimum atomic E-state index is -0.484. The van der Waals surface area contributed by atoms with Crippen LogP contribution in [0.2, 0.25) is 0 Å². The Balaban J connectivity index is 1.48. The molecule has 0 atom stereocenters. The molecule has 9 nitrogen and oxygen atoms in total. The topological polar surface area (TPSA) is 102 Å². The molecule has 0 bridgehead atoms. The molecule has 1 fully saturated rings. The van der Waals surface area contributed by atoms with E-state index in [-0.39, 0.29) is 24.5 Å². The first-order chi connectivity index (χ1) is 19.3. The number of hydrogen-bond acceptors (Lipinski definition) is 8. The van der Waals surface area contributed by atoms with E-state index in [0.717, 1.165) is 57.8 Å². The molecule has 0 aliphatic heterocycles. The van der Waals surface area contributed by atoms with Gasteiger partial charge in [0.2, 0.25) is 5.91 Å². The number of thiophene rings is 1. The number of hydrogen-bond donors (Lipinski definition) is 1. The predicted molar refractivity (Wildman–Crippen MR) is 159 cm³/mol. The number of carbonyl (C=O) groups excluding carboxylic acids is 2. The minimum Gasteiger partial charge on any atom is -0.462 e. The number of aromatic nitrogens is 4. The van der Waals surface area contributed by atoms with Gasteiger partial charge in [0.05, 0.1) is 22.5 Å². The van der Waals surface area contributed by atoms with Crippen molar-refractivity contribution in [1.82, 2.24) is 19.7 Å². The number of nitrogens with zero attached hydrogens (tertiary/aromatic N) is 5. The summed E-state index contributed by atoms with van der Waals surface area (Å²) in [6.45, 7) is 8.17. The molecule has 210 valence electrons. The van der Waals surface area contributed by atoms with Crippen LogP contribution in [0.3, 0.4) is 0 Å². The van der Waals surface area contributed by atoms with Crippen LogP contribution in [0.1, 0.15) is 63.7 Å². The van der Waals surface area contributed by atoms with Crippen LogP contribution in [-0.4, -0.2) is 51.3 Å². The first-order valence-corrected chi connectivity index (χ1v) is 14.7. The predicted octanol–water partition coefficient (Wildman–Crippen LogP) is 6.33. The van der Waals surface area contributed by atoms with Gasteiger partial charge in [-0.2, -0.15) is 0 Å². The quantitative estimate of drug-likeness (QED) is 0.251. The number of anilines is 2. The number of nitrogens with one attached hydrogen (secondary N) is 1. The second-order valence-corrected chi connectivity index (χ2v) is 11.7. The van der Waals surface area contributed by atoms with Crippen molar-refractivity contribution in [1.29, 1.82) is 0 Å². The molecule has 40 heavy (non-hydrogen) atoms. The molecule has 3 heterocycles. The number of amides is 1. The number of ether oxygens (including phenoxy) is 1. The number of fused-ring (bicyclic) bond motifs is 1. The van der Waals surface area contributed by atoms with Crippen molar-refractivity contribution < 1.29 is 14.3 Å². The van der Waals surface area contributed by atoms with E-state index in [2.05, 4.69) is 28.3 Å². The molecule has 1 amide bonds. The Labute approximate surface area is 238 Å². The zero-order valence-electron chi connectivity index (χ0n) is 23.7.